The molecule has 0 saturated heterocycles. The molecule has 0 spiro atoms. The first kappa shape index (κ1) is 17.0. The lowest BCUT2D eigenvalue weighted by molar-refractivity contribution is -0.856. The molecule has 0 fully saturated rings. The zero-order valence-electron chi connectivity index (χ0n) is 13.8. The molecular formula is C16H23N4O3+. The van der Waals surface area contributed by atoms with Gasteiger partial charge in [-0.25, -0.2) is 4.79 Å². The second-order valence-corrected chi connectivity index (χ2v) is 5.74. The molecule has 1 amide bonds. The number of aryl methyl sites for hydroxylation is 1. The monoisotopic (exact) mass is 319 g/mol. The van der Waals surface area contributed by atoms with Crippen LogP contribution in [0.1, 0.15) is 6.92 Å². The summed E-state index contributed by atoms with van der Waals surface area (Å²) >= 11 is 0. The summed E-state index contributed by atoms with van der Waals surface area (Å²) < 4.78 is 2.51. The van der Waals surface area contributed by atoms with E-state index in [-0.39, 0.29) is 12.5 Å². The number of para-hydroxylation sites is 1. The smallest absolute Gasteiger partial charge is 0.331 e. The molecule has 0 saturated carbocycles. The first-order valence-electron chi connectivity index (χ1n) is 7.73. The van der Waals surface area contributed by atoms with E-state index in [4.69, 9.17) is 0 Å². The number of carbonyl (C=O) groups is 1. The van der Waals surface area contributed by atoms with E-state index in [2.05, 4.69) is 5.32 Å². The van der Waals surface area contributed by atoms with Crippen molar-refractivity contribution in [2.75, 3.05) is 27.2 Å². The summed E-state index contributed by atoms with van der Waals surface area (Å²) in [6.07, 6.45) is 0. The van der Waals surface area contributed by atoms with Gasteiger partial charge in [-0.05, 0) is 19.1 Å². The minimum absolute atomic E-state index is 0.259. The maximum Gasteiger partial charge on any atom is 0.331 e. The predicted octanol–water partition coefficient (Wildman–Crippen LogP) is -1.56. The van der Waals surface area contributed by atoms with Gasteiger partial charge < -0.3 is 10.2 Å². The maximum atomic E-state index is 12.5. The molecule has 0 aliphatic rings. The highest BCUT2D eigenvalue weighted by Gasteiger charge is 2.14. The van der Waals surface area contributed by atoms with Crippen molar-refractivity contribution >= 4 is 16.8 Å². The summed E-state index contributed by atoms with van der Waals surface area (Å²) in [6.45, 7) is 3.29. The van der Waals surface area contributed by atoms with Gasteiger partial charge >= 0.3 is 5.69 Å². The number of amides is 1. The molecule has 1 aromatic carbocycles. The third-order valence-electron chi connectivity index (χ3n) is 3.70. The molecule has 2 N–H and O–H groups in total. The summed E-state index contributed by atoms with van der Waals surface area (Å²) in [6, 6.07) is 6.95. The molecule has 0 bridgehead atoms. The predicted molar refractivity (Wildman–Crippen MR) is 88.8 cm³/mol. The average molecular weight is 319 g/mol. The van der Waals surface area contributed by atoms with Crippen LogP contribution in [-0.2, 0) is 17.9 Å². The number of rotatable bonds is 6. The maximum absolute atomic E-state index is 12.5. The van der Waals surface area contributed by atoms with Crippen LogP contribution in [0, 0.1) is 0 Å². The fourth-order valence-corrected chi connectivity index (χ4v) is 2.47. The van der Waals surface area contributed by atoms with Crippen molar-refractivity contribution in [1.82, 2.24) is 14.5 Å². The van der Waals surface area contributed by atoms with E-state index in [1.807, 2.05) is 21.0 Å². The fourth-order valence-electron chi connectivity index (χ4n) is 2.47. The van der Waals surface area contributed by atoms with Crippen molar-refractivity contribution in [3.8, 4) is 0 Å². The van der Waals surface area contributed by atoms with E-state index in [1.165, 1.54) is 9.47 Å². The molecule has 0 aliphatic heterocycles. The Hall–Kier alpha value is -2.41. The van der Waals surface area contributed by atoms with Crippen LogP contribution >= 0.6 is 0 Å². The van der Waals surface area contributed by atoms with Gasteiger partial charge in [0.1, 0.15) is 6.54 Å². The molecule has 7 heteroatoms. The highest BCUT2D eigenvalue weighted by Crippen LogP contribution is 2.06. The second kappa shape index (κ2) is 7.23. The first-order valence-corrected chi connectivity index (χ1v) is 7.73. The van der Waals surface area contributed by atoms with Crippen LogP contribution in [0.4, 0.5) is 0 Å². The van der Waals surface area contributed by atoms with Crippen molar-refractivity contribution in [3.63, 3.8) is 0 Å². The number of fused-ring (bicyclic) bond motifs is 1. The number of nitrogens with one attached hydrogen (secondary N) is 2. The summed E-state index contributed by atoms with van der Waals surface area (Å²) in [5.74, 6) is -0.330. The van der Waals surface area contributed by atoms with Gasteiger partial charge in [0, 0.05) is 6.54 Å². The summed E-state index contributed by atoms with van der Waals surface area (Å²) in [7, 11) is 3.97. The molecule has 0 unspecified atom stereocenters. The topological polar surface area (TPSA) is 77.5 Å². The molecule has 7 nitrogen and oxygen atoms in total. The molecule has 2 rings (SSSR count). The van der Waals surface area contributed by atoms with E-state index < -0.39 is 11.2 Å². The Morgan fingerprint density at radius 3 is 2.52 bits per heavy atom. The Balaban J connectivity index is 2.36. The van der Waals surface area contributed by atoms with Gasteiger partial charge in [0.05, 0.1) is 38.1 Å². The zero-order valence-corrected chi connectivity index (χ0v) is 13.8. The number of hydrogen-bond donors (Lipinski definition) is 2. The van der Waals surface area contributed by atoms with E-state index in [9.17, 15) is 14.4 Å². The molecule has 1 heterocycles. The third kappa shape index (κ3) is 3.68. The SMILES string of the molecule is CCn1c(=O)n(CC(=O)NCC[NH+](C)C)c(=O)c2ccccc21. The Labute approximate surface area is 134 Å². The molecule has 23 heavy (non-hydrogen) atoms. The van der Waals surface area contributed by atoms with E-state index >= 15 is 0 Å². The van der Waals surface area contributed by atoms with Crippen LogP contribution in [-0.4, -0.2) is 42.2 Å². The van der Waals surface area contributed by atoms with Gasteiger partial charge in [-0.1, -0.05) is 12.1 Å². The Morgan fingerprint density at radius 2 is 1.87 bits per heavy atom. The standard InChI is InChI=1S/C16H22N4O3/c1-4-19-13-8-6-5-7-12(13)15(22)20(16(19)23)11-14(21)17-9-10-18(2)3/h5-8H,4,9-11H2,1-3H3,(H,17,21)/p+1. The lowest BCUT2D eigenvalue weighted by Gasteiger charge is -2.13. The minimum Gasteiger partial charge on any atom is -0.349 e. The lowest BCUT2D eigenvalue weighted by Crippen LogP contribution is -3.06. The van der Waals surface area contributed by atoms with Gasteiger partial charge in [-0.3, -0.25) is 18.7 Å². The Morgan fingerprint density at radius 1 is 1.17 bits per heavy atom. The normalized spacial score (nSPS) is 11.1. The summed E-state index contributed by atoms with van der Waals surface area (Å²) in [5.41, 5.74) is -0.286. The second-order valence-electron chi connectivity index (χ2n) is 5.74. The van der Waals surface area contributed by atoms with Gasteiger partial charge in [0.15, 0.2) is 0 Å². The van der Waals surface area contributed by atoms with Crippen molar-refractivity contribution in [1.29, 1.82) is 0 Å². The van der Waals surface area contributed by atoms with Crippen LogP contribution in [0.5, 0.6) is 0 Å². The van der Waals surface area contributed by atoms with Crippen molar-refractivity contribution in [2.45, 2.75) is 20.0 Å². The number of aromatic nitrogens is 2. The minimum atomic E-state index is -0.454. The summed E-state index contributed by atoms with van der Waals surface area (Å²) in [5, 5.41) is 3.18. The molecule has 0 aliphatic carbocycles. The number of benzene rings is 1. The molecule has 0 radical (unpaired) electrons. The average Bonchev–Trinajstić information content (AvgIpc) is 2.51. The number of quaternary nitrogens is 1. The van der Waals surface area contributed by atoms with E-state index in [1.54, 1.807) is 24.3 Å². The lowest BCUT2D eigenvalue weighted by atomic mass is 10.2. The molecule has 0 atom stereocenters. The number of hydrogen-bond acceptors (Lipinski definition) is 3. The van der Waals surface area contributed by atoms with Crippen molar-refractivity contribution in [2.24, 2.45) is 0 Å². The van der Waals surface area contributed by atoms with Crippen molar-refractivity contribution in [3.05, 3.63) is 45.1 Å². The molecule has 1 aromatic heterocycles. The molecular weight excluding hydrogens is 296 g/mol. The van der Waals surface area contributed by atoms with Crippen LogP contribution in [0.25, 0.3) is 10.9 Å². The van der Waals surface area contributed by atoms with Gasteiger partial charge in [-0.2, -0.15) is 0 Å². The highest BCUT2D eigenvalue weighted by molar-refractivity contribution is 5.79. The number of likely N-dealkylation sites (N-methyl/N-ethyl adjacent to an activating group) is 1. The number of carbonyl (C=O) groups excluding carboxylic acids is 1. The first-order chi connectivity index (χ1) is 11.0. The quantitative estimate of drug-likeness (QED) is 0.676. The zero-order chi connectivity index (χ0) is 17.0. The highest BCUT2D eigenvalue weighted by atomic mass is 16.2. The van der Waals surface area contributed by atoms with Crippen LogP contribution in [0.3, 0.4) is 0 Å². The van der Waals surface area contributed by atoms with Gasteiger partial charge in [-0.15, -0.1) is 0 Å². The van der Waals surface area contributed by atoms with Crippen LogP contribution in [0.2, 0.25) is 0 Å². The van der Waals surface area contributed by atoms with Gasteiger partial charge in [0.2, 0.25) is 5.91 Å². The van der Waals surface area contributed by atoms with E-state index in [0.29, 0.717) is 24.0 Å². The fraction of sp³-hybridized carbons (Fsp3) is 0.438. The third-order valence-corrected chi connectivity index (χ3v) is 3.70. The van der Waals surface area contributed by atoms with E-state index in [0.717, 1.165) is 11.1 Å². The number of nitrogens with zero attached hydrogens (tertiary/aromatic N) is 2. The molecule has 124 valence electrons. The van der Waals surface area contributed by atoms with Gasteiger partial charge in [0.25, 0.3) is 5.56 Å². The van der Waals surface area contributed by atoms with Crippen molar-refractivity contribution < 1.29 is 9.69 Å². The molecule has 2 aromatic rings. The van der Waals surface area contributed by atoms with Crippen LogP contribution in [0.15, 0.2) is 33.9 Å². The Bertz CT molecular complexity index is 820. The summed E-state index contributed by atoms with van der Waals surface area (Å²) in [4.78, 5) is 38.2. The van der Waals surface area contributed by atoms with Crippen LogP contribution < -0.4 is 21.5 Å². The largest absolute Gasteiger partial charge is 0.349 e. The Kier molecular flexibility index (Phi) is 5.33.